The molecule has 5 rings (SSSR count). The van der Waals surface area contributed by atoms with Crippen LogP contribution in [0.15, 0.2) is 24.5 Å². The number of fused-ring (bicyclic) bond motifs is 1. The lowest BCUT2D eigenvalue weighted by molar-refractivity contribution is -0.140. The van der Waals surface area contributed by atoms with Gasteiger partial charge in [0.1, 0.15) is 0 Å². The summed E-state index contributed by atoms with van der Waals surface area (Å²) in [4.78, 5) is 15.7. The number of aromatic nitrogens is 4. The molecule has 6 nitrogen and oxygen atoms in total. The number of amides is 1. The van der Waals surface area contributed by atoms with E-state index in [1.165, 1.54) is 24.1 Å². The minimum absolute atomic E-state index is 0.185. The van der Waals surface area contributed by atoms with E-state index in [0.29, 0.717) is 23.9 Å². The van der Waals surface area contributed by atoms with Crippen molar-refractivity contribution in [3.63, 3.8) is 0 Å². The number of aryl methyl sites for hydroxylation is 1. The molecule has 6 heteroatoms. The van der Waals surface area contributed by atoms with Crippen LogP contribution in [0.3, 0.4) is 0 Å². The number of rotatable bonds is 4. The predicted molar refractivity (Wildman–Crippen MR) is 101 cm³/mol. The molecule has 0 radical (unpaired) electrons. The molecule has 1 atom stereocenters. The van der Waals surface area contributed by atoms with E-state index in [1.807, 2.05) is 12.3 Å². The smallest absolute Gasteiger partial charge is 0.226 e. The van der Waals surface area contributed by atoms with Crippen molar-refractivity contribution in [2.24, 2.45) is 5.92 Å². The predicted octanol–water partition coefficient (Wildman–Crippen LogP) is 3.02. The van der Waals surface area contributed by atoms with E-state index < -0.39 is 0 Å². The van der Waals surface area contributed by atoms with Gasteiger partial charge >= 0.3 is 0 Å². The number of carbonyl (C=O) groups excluding carboxylic acids is 1. The van der Waals surface area contributed by atoms with Crippen molar-refractivity contribution in [3.8, 4) is 0 Å². The highest BCUT2D eigenvalue weighted by Gasteiger charge is 2.42. The molecule has 27 heavy (non-hydrogen) atoms. The molecule has 0 aromatic carbocycles. The zero-order valence-corrected chi connectivity index (χ0v) is 15.7. The van der Waals surface area contributed by atoms with Gasteiger partial charge in [0, 0.05) is 35.8 Å². The molecular formula is C21H27N5O. The van der Waals surface area contributed by atoms with E-state index in [-0.39, 0.29) is 5.92 Å². The van der Waals surface area contributed by atoms with Crippen molar-refractivity contribution in [2.45, 2.75) is 75.8 Å². The first-order chi connectivity index (χ1) is 13.3. The largest absolute Gasteiger partial charge is 0.336 e. The van der Waals surface area contributed by atoms with Gasteiger partial charge in [-0.05, 0) is 75.5 Å². The van der Waals surface area contributed by atoms with E-state index in [0.717, 1.165) is 50.6 Å². The quantitative estimate of drug-likeness (QED) is 0.904. The van der Waals surface area contributed by atoms with Crippen LogP contribution in [0.1, 0.15) is 67.8 Å². The van der Waals surface area contributed by atoms with Crippen LogP contribution in [-0.4, -0.2) is 43.3 Å². The maximum Gasteiger partial charge on any atom is 0.226 e. The van der Waals surface area contributed by atoms with Crippen LogP contribution >= 0.6 is 0 Å². The maximum absolute atomic E-state index is 13.4. The second-order valence-electron chi connectivity index (χ2n) is 8.44. The Morgan fingerprint density at radius 1 is 1.07 bits per heavy atom. The van der Waals surface area contributed by atoms with Crippen LogP contribution in [0.4, 0.5) is 0 Å². The van der Waals surface area contributed by atoms with E-state index in [1.54, 1.807) is 6.20 Å². The lowest BCUT2D eigenvalue weighted by atomic mass is 9.79. The van der Waals surface area contributed by atoms with E-state index in [4.69, 9.17) is 0 Å². The first-order valence-corrected chi connectivity index (χ1v) is 10.4. The Labute approximate surface area is 159 Å². The zero-order chi connectivity index (χ0) is 18.2. The summed E-state index contributed by atoms with van der Waals surface area (Å²) in [6.45, 7) is 0. The number of aromatic amines is 1. The Balaban J connectivity index is 1.25. The highest BCUT2D eigenvalue weighted by molar-refractivity contribution is 5.80. The Hall–Kier alpha value is -2.24. The Kier molecular flexibility index (Phi) is 4.42. The third-order valence-electron chi connectivity index (χ3n) is 6.67. The molecule has 2 aromatic rings. The van der Waals surface area contributed by atoms with E-state index in [9.17, 15) is 4.79 Å². The van der Waals surface area contributed by atoms with Crippen molar-refractivity contribution in [1.82, 2.24) is 25.3 Å². The van der Waals surface area contributed by atoms with Gasteiger partial charge in [-0.2, -0.15) is 15.3 Å². The van der Waals surface area contributed by atoms with Crippen molar-refractivity contribution in [2.75, 3.05) is 0 Å². The van der Waals surface area contributed by atoms with Crippen molar-refractivity contribution in [1.29, 1.82) is 0 Å². The molecule has 2 saturated carbocycles. The molecule has 142 valence electrons. The summed E-state index contributed by atoms with van der Waals surface area (Å²) in [5, 5.41) is 15.6. The average molecular weight is 365 g/mol. The summed E-state index contributed by atoms with van der Waals surface area (Å²) in [7, 11) is 0. The minimum atomic E-state index is 0.185. The standard InChI is InChI=1S/C21H27N5O/c27-21(15-5-3-14(4-6-15)19-2-1-11-22-24-19)26(17-7-8-17)18-9-10-20-16(12-18)13-23-25-20/h1-2,11,13-15,17-18H,3-10,12H2,(H,23,25). The van der Waals surface area contributed by atoms with Crippen molar-refractivity contribution in [3.05, 3.63) is 41.5 Å². The summed E-state index contributed by atoms with van der Waals surface area (Å²) in [5.74, 6) is 1.05. The summed E-state index contributed by atoms with van der Waals surface area (Å²) in [6.07, 6.45) is 13.1. The average Bonchev–Trinajstić information content (AvgIpc) is 3.44. The Morgan fingerprint density at radius 3 is 2.67 bits per heavy atom. The Morgan fingerprint density at radius 2 is 1.93 bits per heavy atom. The first-order valence-electron chi connectivity index (χ1n) is 10.4. The fourth-order valence-corrected chi connectivity index (χ4v) is 5.02. The fraction of sp³-hybridized carbons (Fsp3) is 0.619. The normalized spacial score (nSPS) is 27.8. The van der Waals surface area contributed by atoms with Gasteiger partial charge in [-0.1, -0.05) is 0 Å². The molecular weight excluding hydrogens is 338 g/mol. The third-order valence-corrected chi connectivity index (χ3v) is 6.67. The molecule has 3 aliphatic rings. The van der Waals surface area contributed by atoms with Gasteiger partial charge in [-0.25, -0.2) is 0 Å². The number of hydrogen-bond donors (Lipinski definition) is 1. The van der Waals surface area contributed by atoms with Gasteiger partial charge in [-0.3, -0.25) is 9.89 Å². The van der Waals surface area contributed by atoms with E-state index in [2.05, 4.69) is 31.4 Å². The van der Waals surface area contributed by atoms with Gasteiger partial charge in [0.05, 0.1) is 11.9 Å². The van der Waals surface area contributed by atoms with Crippen molar-refractivity contribution >= 4 is 5.91 Å². The number of nitrogens with zero attached hydrogens (tertiary/aromatic N) is 4. The highest BCUT2D eigenvalue weighted by Crippen LogP contribution is 2.39. The third kappa shape index (κ3) is 3.37. The molecule has 0 bridgehead atoms. The summed E-state index contributed by atoms with van der Waals surface area (Å²) in [6, 6.07) is 4.86. The molecule has 1 amide bonds. The minimum Gasteiger partial charge on any atom is -0.336 e. The van der Waals surface area contributed by atoms with Crippen LogP contribution < -0.4 is 0 Å². The number of carbonyl (C=O) groups is 1. The molecule has 0 spiro atoms. The first kappa shape index (κ1) is 16.9. The summed E-state index contributed by atoms with van der Waals surface area (Å²) < 4.78 is 0. The molecule has 1 N–H and O–H groups in total. The molecule has 3 aliphatic carbocycles. The van der Waals surface area contributed by atoms with Gasteiger partial charge in [0.25, 0.3) is 0 Å². The number of hydrogen-bond acceptors (Lipinski definition) is 4. The van der Waals surface area contributed by atoms with Crippen LogP contribution in [0, 0.1) is 5.92 Å². The fourth-order valence-electron chi connectivity index (χ4n) is 5.02. The van der Waals surface area contributed by atoms with Gasteiger partial charge < -0.3 is 4.90 Å². The molecule has 2 fully saturated rings. The van der Waals surface area contributed by atoms with Crippen molar-refractivity contribution < 1.29 is 4.79 Å². The number of H-pyrrole nitrogens is 1. The second kappa shape index (κ2) is 7.06. The molecule has 0 aliphatic heterocycles. The van der Waals surface area contributed by atoms with Crippen LogP contribution in [-0.2, 0) is 17.6 Å². The zero-order valence-electron chi connectivity index (χ0n) is 15.7. The van der Waals surface area contributed by atoms with Gasteiger partial charge in [0.15, 0.2) is 0 Å². The molecule has 2 aromatic heterocycles. The summed E-state index contributed by atoms with van der Waals surface area (Å²) >= 11 is 0. The van der Waals surface area contributed by atoms with Crippen LogP contribution in [0.2, 0.25) is 0 Å². The highest BCUT2D eigenvalue weighted by atomic mass is 16.2. The monoisotopic (exact) mass is 365 g/mol. The van der Waals surface area contributed by atoms with Gasteiger partial charge in [-0.15, -0.1) is 0 Å². The Bertz CT molecular complexity index is 792. The maximum atomic E-state index is 13.4. The SMILES string of the molecule is O=C(C1CCC(c2cccnn2)CC1)N(C1CC1)C1CCc2[nH]ncc2C1. The van der Waals surface area contributed by atoms with Crippen LogP contribution in [0.25, 0.3) is 0 Å². The van der Waals surface area contributed by atoms with Gasteiger partial charge in [0.2, 0.25) is 5.91 Å². The molecule has 0 saturated heterocycles. The molecule has 1 unspecified atom stereocenters. The topological polar surface area (TPSA) is 74.8 Å². The number of nitrogens with one attached hydrogen (secondary N) is 1. The summed E-state index contributed by atoms with van der Waals surface area (Å²) in [5.41, 5.74) is 3.65. The molecule has 2 heterocycles. The van der Waals surface area contributed by atoms with E-state index >= 15 is 0 Å². The second-order valence-corrected chi connectivity index (χ2v) is 8.44. The lowest BCUT2D eigenvalue weighted by Crippen LogP contribution is -2.48. The lowest BCUT2D eigenvalue weighted by Gasteiger charge is -2.38. The van der Waals surface area contributed by atoms with Crippen LogP contribution in [0.5, 0.6) is 0 Å².